The van der Waals surface area contributed by atoms with Gasteiger partial charge in [-0.05, 0) is 48.0 Å². The van der Waals surface area contributed by atoms with E-state index in [9.17, 15) is 18.4 Å². The van der Waals surface area contributed by atoms with Crippen LogP contribution in [0.3, 0.4) is 0 Å². The molecule has 0 bridgehead atoms. The highest BCUT2D eigenvalue weighted by atomic mass is 19.3. The van der Waals surface area contributed by atoms with Gasteiger partial charge in [0.15, 0.2) is 11.5 Å². The number of methoxy groups -OCH3 is 1. The summed E-state index contributed by atoms with van der Waals surface area (Å²) in [6.07, 6.45) is 2.76. The van der Waals surface area contributed by atoms with Crippen molar-refractivity contribution in [1.82, 2.24) is 0 Å². The van der Waals surface area contributed by atoms with E-state index in [1.165, 1.54) is 49.6 Å². The first-order valence-corrected chi connectivity index (χ1v) is 7.41. The largest absolute Gasteiger partial charge is 0.493 e. The SMILES string of the molecule is COc1cc(/C=C/C(=O)Nc2ccc(C(N)=O)cc2)ccc1OC(F)F. The summed E-state index contributed by atoms with van der Waals surface area (Å²) in [5, 5.41) is 2.61. The molecular formula is C18H16F2N2O4. The number of hydrogen-bond donors (Lipinski definition) is 2. The Kier molecular flexibility index (Phi) is 6.26. The number of primary amides is 1. The van der Waals surface area contributed by atoms with Gasteiger partial charge in [0.25, 0.3) is 0 Å². The van der Waals surface area contributed by atoms with Crippen LogP contribution in [-0.2, 0) is 4.79 Å². The lowest BCUT2D eigenvalue weighted by atomic mass is 10.2. The molecule has 2 rings (SSSR count). The zero-order valence-corrected chi connectivity index (χ0v) is 13.7. The highest BCUT2D eigenvalue weighted by Gasteiger charge is 2.10. The molecule has 2 amide bonds. The summed E-state index contributed by atoms with van der Waals surface area (Å²) in [6.45, 7) is -2.96. The Morgan fingerprint density at radius 3 is 2.38 bits per heavy atom. The number of hydrogen-bond acceptors (Lipinski definition) is 4. The van der Waals surface area contributed by atoms with Crippen molar-refractivity contribution in [2.24, 2.45) is 5.73 Å². The van der Waals surface area contributed by atoms with Crippen LogP contribution in [0, 0.1) is 0 Å². The first-order chi connectivity index (χ1) is 12.4. The molecule has 6 nitrogen and oxygen atoms in total. The number of benzene rings is 2. The zero-order chi connectivity index (χ0) is 19.1. The smallest absolute Gasteiger partial charge is 0.387 e. The van der Waals surface area contributed by atoms with Crippen molar-refractivity contribution in [3.05, 3.63) is 59.7 Å². The number of alkyl halides is 2. The number of ether oxygens (including phenoxy) is 2. The number of carbonyl (C=O) groups is 2. The van der Waals surface area contributed by atoms with Crippen molar-refractivity contribution in [3.8, 4) is 11.5 Å². The molecule has 136 valence electrons. The summed E-state index contributed by atoms with van der Waals surface area (Å²) < 4.78 is 33.9. The predicted octanol–water partition coefficient (Wildman–Crippen LogP) is 3.05. The molecule has 3 N–H and O–H groups in total. The zero-order valence-electron chi connectivity index (χ0n) is 13.7. The second-order valence-corrected chi connectivity index (χ2v) is 5.05. The molecule has 8 heteroatoms. The molecule has 26 heavy (non-hydrogen) atoms. The lowest BCUT2D eigenvalue weighted by molar-refractivity contribution is -0.111. The first kappa shape index (κ1) is 18.9. The van der Waals surface area contributed by atoms with E-state index < -0.39 is 18.4 Å². The molecule has 0 saturated carbocycles. The lowest BCUT2D eigenvalue weighted by Crippen LogP contribution is -2.11. The van der Waals surface area contributed by atoms with Gasteiger partial charge in [0.2, 0.25) is 11.8 Å². The van der Waals surface area contributed by atoms with E-state index in [4.69, 9.17) is 10.5 Å². The molecule has 0 aromatic heterocycles. The fourth-order valence-corrected chi connectivity index (χ4v) is 2.05. The molecule has 0 aliphatic carbocycles. The number of amides is 2. The Bertz CT molecular complexity index is 820. The Hall–Kier alpha value is -3.42. The van der Waals surface area contributed by atoms with Gasteiger partial charge in [-0.15, -0.1) is 0 Å². The molecule has 0 fully saturated rings. The number of nitrogens with two attached hydrogens (primary N) is 1. The quantitative estimate of drug-likeness (QED) is 0.741. The third-order valence-electron chi connectivity index (χ3n) is 3.27. The fourth-order valence-electron chi connectivity index (χ4n) is 2.05. The van der Waals surface area contributed by atoms with Crippen LogP contribution in [0.2, 0.25) is 0 Å². The van der Waals surface area contributed by atoms with Crippen LogP contribution in [0.1, 0.15) is 15.9 Å². The Balaban J connectivity index is 2.04. The number of carbonyl (C=O) groups excluding carboxylic acids is 2. The minimum absolute atomic E-state index is 0.0985. The van der Waals surface area contributed by atoms with Gasteiger partial charge in [-0.2, -0.15) is 8.78 Å². The van der Waals surface area contributed by atoms with Gasteiger partial charge in [-0.1, -0.05) is 6.07 Å². The fraction of sp³-hybridized carbons (Fsp3) is 0.111. The second-order valence-electron chi connectivity index (χ2n) is 5.05. The topological polar surface area (TPSA) is 90.6 Å². The van der Waals surface area contributed by atoms with Crippen LogP contribution in [0.5, 0.6) is 11.5 Å². The summed E-state index contributed by atoms with van der Waals surface area (Å²) in [5.41, 5.74) is 6.52. The number of rotatable bonds is 7. The molecule has 0 radical (unpaired) electrons. The van der Waals surface area contributed by atoms with Gasteiger partial charge in [-0.25, -0.2) is 0 Å². The summed E-state index contributed by atoms with van der Waals surface area (Å²) >= 11 is 0. The van der Waals surface area contributed by atoms with Crippen LogP contribution in [0.15, 0.2) is 48.5 Å². The maximum Gasteiger partial charge on any atom is 0.387 e. The van der Waals surface area contributed by atoms with Crippen molar-refractivity contribution in [1.29, 1.82) is 0 Å². The van der Waals surface area contributed by atoms with E-state index >= 15 is 0 Å². The van der Waals surface area contributed by atoms with Crippen molar-refractivity contribution in [3.63, 3.8) is 0 Å². The van der Waals surface area contributed by atoms with Crippen LogP contribution in [0.4, 0.5) is 14.5 Å². The van der Waals surface area contributed by atoms with Crippen LogP contribution < -0.4 is 20.5 Å². The molecule has 0 aliphatic heterocycles. The average Bonchev–Trinajstić information content (AvgIpc) is 2.60. The molecule has 2 aromatic carbocycles. The van der Waals surface area contributed by atoms with Crippen molar-refractivity contribution >= 4 is 23.6 Å². The highest BCUT2D eigenvalue weighted by molar-refractivity contribution is 6.02. The predicted molar refractivity (Wildman–Crippen MR) is 92.2 cm³/mol. The standard InChI is InChI=1S/C18H16F2N2O4/c1-25-15-10-11(2-8-14(15)26-18(19)20)3-9-16(23)22-13-6-4-12(5-7-13)17(21)24/h2-10,18H,1H3,(H2,21,24)(H,22,23)/b9-3+. The van der Waals surface area contributed by atoms with E-state index in [0.717, 1.165) is 0 Å². The monoisotopic (exact) mass is 362 g/mol. The van der Waals surface area contributed by atoms with E-state index in [0.29, 0.717) is 16.8 Å². The van der Waals surface area contributed by atoms with Gasteiger partial charge in [0.1, 0.15) is 0 Å². The summed E-state index contributed by atoms with van der Waals surface area (Å²) in [4.78, 5) is 22.9. The second kappa shape index (κ2) is 8.61. The van der Waals surface area contributed by atoms with Crippen molar-refractivity contribution < 1.29 is 27.8 Å². The van der Waals surface area contributed by atoms with Crippen LogP contribution in [-0.4, -0.2) is 25.5 Å². The van der Waals surface area contributed by atoms with E-state index in [-0.39, 0.29) is 11.5 Å². The normalized spacial score (nSPS) is 10.8. The molecule has 0 heterocycles. The average molecular weight is 362 g/mol. The number of anilines is 1. The van der Waals surface area contributed by atoms with Gasteiger partial charge >= 0.3 is 6.61 Å². The Morgan fingerprint density at radius 1 is 1.12 bits per heavy atom. The van der Waals surface area contributed by atoms with Gasteiger partial charge in [0, 0.05) is 17.3 Å². The van der Waals surface area contributed by atoms with Crippen molar-refractivity contribution in [2.75, 3.05) is 12.4 Å². The molecular weight excluding hydrogens is 346 g/mol. The van der Waals surface area contributed by atoms with Crippen LogP contribution in [0.25, 0.3) is 6.08 Å². The van der Waals surface area contributed by atoms with E-state index in [1.54, 1.807) is 12.1 Å². The summed E-state index contributed by atoms with van der Waals surface area (Å²) in [5.74, 6) is -0.951. The summed E-state index contributed by atoms with van der Waals surface area (Å²) in [6, 6.07) is 10.4. The Morgan fingerprint density at radius 2 is 1.81 bits per heavy atom. The third-order valence-corrected chi connectivity index (χ3v) is 3.27. The molecule has 0 unspecified atom stereocenters. The minimum Gasteiger partial charge on any atom is -0.493 e. The minimum atomic E-state index is -2.96. The summed E-state index contributed by atoms with van der Waals surface area (Å²) in [7, 11) is 1.32. The Labute approximate surface area is 148 Å². The highest BCUT2D eigenvalue weighted by Crippen LogP contribution is 2.29. The molecule has 2 aromatic rings. The van der Waals surface area contributed by atoms with Crippen LogP contribution >= 0.6 is 0 Å². The van der Waals surface area contributed by atoms with Gasteiger partial charge < -0.3 is 20.5 Å². The molecule has 0 saturated heterocycles. The lowest BCUT2D eigenvalue weighted by Gasteiger charge is -2.10. The molecule has 0 atom stereocenters. The van der Waals surface area contributed by atoms with E-state index in [1.807, 2.05) is 0 Å². The van der Waals surface area contributed by atoms with Gasteiger partial charge in [0.05, 0.1) is 7.11 Å². The molecule has 0 spiro atoms. The van der Waals surface area contributed by atoms with Crippen molar-refractivity contribution in [2.45, 2.75) is 6.61 Å². The van der Waals surface area contributed by atoms with E-state index in [2.05, 4.69) is 10.1 Å². The first-order valence-electron chi connectivity index (χ1n) is 7.41. The number of nitrogens with one attached hydrogen (secondary N) is 1. The van der Waals surface area contributed by atoms with Gasteiger partial charge in [-0.3, -0.25) is 9.59 Å². The third kappa shape index (κ3) is 5.30. The maximum atomic E-state index is 12.3. The number of halogens is 2. The molecule has 0 aliphatic rings. The maximum absolute atomic E-state index is 12.3.